The van der Waals surface area contributed by atoms with Crippen molar-refractivity contribution in [2.45, 2.75) is 57.6 Å². The number of carbonyl (C=O) groups excluding carboxylic acids is 1. The van der Waals surface area contributed by atoms with E-state index in [0.29, 0.717) is 12.8 Å². The van der Waals surface area contributed by atoms with Gasteiger partial charge in [-0.25, -0.2) is 0 Å². The summed E-state index contributed by atoms with van der Waals surface area (Å²) >= 11 is 0. The SMILES string of the molecule is CCCCC(CC)CNC(=O)C(F)(F)C(F)(F)C(F)(F)F. The molecule has 1 unspecified atom stereocenters. The molecule has 0 spiro atoms. The van der Waals surface area contributed by atoms with Gasteiger partial charge in [0.15, 0.2) is 0 Å². The summed E-state index contributed by atoms with van der Waals surface area (Å²) in [7, 11) is 0. The highest BCUT2D eigenvalue weighted by Crippen LogP contribution is 2.46. The normalized spacial score (nSPS) is 14.9. The fraction of sp³-hybridized carbons (Fsp3) is 0.917. The summed E-state index contributed by atoms with van der Waals surface area (Å²) in [5.74, 6) is -15.1. The van der Waals surface area contributed by atoms with Gasteiger partial charge in [0.2, 0.25) is 0 Å². The molecule has 2 nitrogen and oxygen atoms in total. The topological polar surface area (TPSA) is 29.1 Å². The largest absolute Gasteiger partial charge is 0.460 e. The van der Waals surface area contributed by atoms with Gasteiger partial charge >= 0.3 is 18.0 Å². The molecular formula is C12H18F7NO. The van der Waals surface area contributed by atoms with E-state index in [2.05, 4.69) is 0 Å². The zero-order chi connectivity index (χ0) is 16.9. The van der Waals surface area contributed by atoms with Crippen molar-refractivity contribution in [3.63, 3.8) is 0 Å². The van der Waals surface area contributed by atoms with Crippen LogP contribution < -0.4 is 5.32 Å². The first kappa shape index (κ1) is 20.0. The molecule has 0 radical (unpaired) electrons. The molecule has 1 N–H and O–H groups in total. The molecule has 1 atom stereocenters. The van der Waals surface area contributed by atoms with Crippen LogP contribution in [0, 0.1) is 5.92 Å². The number of hydrogen-bond acceptors (Lipinski definition) is 1. The molecule has 0 aliphatic carbocycles. The van der Waals surface area contributed by atoms with Crippen LogP contribution in [0.25, 0.3) is 0 Å². The van der Waals surface area contributed by atoms with Gasteiger partial charge in [-0.15, -0.1) is 0 Å². The lowest BCUT2D eigenvalue weighted by Crippen LogP contribution is -2.59. The second-order valence-electron chi connectivity index (χ2n) is 4.77. The van der Waals surface area contributed by atoms with Gasteiger partial charge in [-0.3, -0.25) is 4.79 Å². The zero-order valence-corrected chi connectivity index (χ0v) is 11.7. The van der Waals surface area contributed by atoms with Crippen LogP contribution in [0.1, 0.15) is 39.5 Å². The third-order valence-corrected chi connectivity index (χ3v) is 3.13. The van der Waals surface area contributed by atoms with Crippen molar-refractivity contribution in [1.82, 2.24) is 5.32 Å². The molecule has 9 heteroatoms. The minimum atomic E-state index is -6.50. The number of nitrogens with one attached hydrogen (secondary N) is 1. The van der Waals surface area contributed by atoms with Gasteiger partial charge < -0.3 is 5.32 Å². The maximum atomic E-state index is 13.0. The molecule has 1 amide bonds. The van der Waals surface area contributed by atoms with E-state index in [4.69, 9.17) is 0 Å². The van der Waals surface area contributed by atoms with Crippen LogP contribution in [0.3, 0.4) is 0 Å². The highest BCUT2D eigenvalue weighted by atomic mass is 19.4. The fourth-order valence-electron chi connectivity index (χ4n) is 1.61. The van der Waals surface area contributed by atoms with Crippen molar-refractivity contribution >= 4 is 5.91 Å². The van der Waals surface area contributed by atoms with Crippen LogP contribution in [0.2, 0.25) is 0 Å². The molecule has 0 saturated heterocycles. The van der Waals surface area contributed by atoms with Crippen molar-refractivity contribution in [1.29, 1.82) is 0 Å². The second-order valence-corrected chi connectivity index (χ2v) is 4.77. The van der Waals surface area contributed by atoms with E-state index in [1.807, 2.05) is 6.92 Å². The number of alkyl halides is 7. The Balaban J connectivity index is 4.77. The molecule has 0 heterocycles. The molecule has 0 aromatic heterocycles. The predicted octanol–water partition coefficient (Wildman–Crippen LogP) is 4.15. The maximum Gasteiger partial charge on any atom is 0.460 e. The number of unbranched alkanes of at least 4 members (excludes halogenated alkanes) is 1. The number of amides is 1. The number of halogens is 7. The summed E-state index contributed by atoms with van der Waals surface area (Å²) in [4.78, 5) is 11.0. The Kier molecular flexibility index (Phi) is 6.95. The van der Waals surface area contributed by atoms with E-state index in [9.17, 15) is 35.5 Å². The Morgan fingerprint density at radius 3 is 1.95 bits per heavy atom. The van der Waals surface area contributed by atoms with E-state index in [1.54, 1.807) is 6.92 Å². The molecule has 0 saturated carbocycles. The summed E-state index contributed by atoms with van der Waals surface area (Å²) in [5.41, 5.74) is 0. The van der Waals surface area contributed by atoms with E-state index in [1.165, 1.54) is 5.32 Å². The van der Waals surface area contributed by atoms with Gasteiger partial charge in [0.05, 0.1) is 0 Å². The molecule has 0 bridgehead atoms. The first-order chi connectivity index (χ1) is 9.41. The fourth-order valence-corrected chi connectivity index (χ4v) is 1.61. The zero-order valence-electron chi connectivity index (χ0n) is 11.7. The van der Waals surface area contributed by atoms with Crippen LogP contribution in [0.5, 0.6) is 0 Å². The lowest BCUT2D eigenvalue weighted by Gasteiger charge is -2.27. The Labute approximate surface area is 118 Å². The highest BCUT2D eigenvalue weighted by Gasteiger charge is 2.76. The number of rotatable bonds is 8. The van der Waals surface area contributed by atoms with E-state index in [-0.39, 0.29) is 12.5 Å². The van der Waals surface area contributed by atoms with Gasteiger partial charge in [0, 0.05) is 6.54 Å². The Bertz CT molecular complexity index is 341. The smallest absolute Gasteiger partial charge is 0.350 e. The van der Waals surface area contributed by atoms with E-state index in [0.717, 1.165) is 12.8 Å². The van der Waals surface area contributed by atoms with Crippen LogP contribution in [-0.2, 0) is 4.79 Å². The molecule has 0 fully saturated rings. The van der Waals surface area contributed by atoms with E-state index < -0.39 is 23.9 Å². The van der Waals surface area contributed by atoms with Crippen LogP contribution in [0.15, 0.2) is 0 Å². The summed E-state index contributed by atoms with van der Waals surface area (Å²) < 4.78 is 87.0. The quantitative estimate of drug-likeness (QED) is 0.667. The third-order valence-electron chi connectivity index (χ3n) is 3.13. The minimum absolute atomic E-state index is 0.246. The predicted molar refractivity (Wildman–Crippen MR) is 62.3 cm³/mol. The summed E-state index contributed by atoms with van der Waals surface area (Å²) in [6.45, 7) is 3.22. The van der Waals surface area contributed by atoms with Crippen LogP contribution in [-0.4, -0.2) is 30.5 Å². The molecule has 0 aromatic carbocycles. The van der Waals surface area contributed by atoms with Gasteiger partial charge in [-0.1, -0.05) is 33.1 Å². The monoisotopic (exact) mass is 325 g/mol. The van der Waals surface area contributed by atoms with E-state index >= 15 is 0 Å². The average Bonchev–Trinajstić information content (AvgIpc) is 2.37. The molecule has 0 aromatic rings. The standard InChI is InChI=1S/C12H18F7NO/c1-3-5-6-8(4-2)7-20-9(21)10(13,14)11(15,16)12(17,18)19/h8H,3-7H2,1-2H3,(H,20,21). The molecule has 0 rings (SSSR count). The van der Waals surface area contributed by atoms with Crippen molar-refractivity contribution in [3.05, 3.63) is 0 Å². The van der Waals surface area contributed by atoms with Crippen molar-refractivity contribution in [2.75, 3.05) is 6.54 Å². The third kappa shape index (κ3) is 4.74. The molecule has 21 heavy (non-hydrogen) atoms. The minimum Gasteiger partial charge on any atom is -0.350 e. The molecule has 0 aliphatic rings. The van der Waals surface area contributed by atoms with Crippen LogP contribution in [0.4, 0.5) is 30.7 Å². The van der Waals surface area contributed by atoms with Crippen molar-refractivity contribution in [3.8, 4) is 0 Å². The van der Waals surface area contributed by atoms with Gasteiger partial charge in [0.25, 0.3) is 5.91 Å². The van der Waals surface area contributed by atoms with Crippen molar-refractivity contribution in [2.24, 2.45) is 5.92 Å². The Hall–Kier alpha value is -1.02. The first-order valence-electron chi connectivity index (χ1n) is 6.52. The van der Waals surface area contributed by atoms with Crippen molar-refractivity contribution < 1.29 is 35.5 Å². The average molecular weight is 325 g/mol. The highest BCUT2D eigenvalue weighted by molar-refractivity contribution is 5.84. The Morgan fingerprint density at radius 2 is 1.57 bits per heavy atom. The summed E-state index contributed by atoms with van der Waals surface area (Å²) in [6.07, 6.45) is -3.90. The summed E-state index contributed by atoms with van der Waals surface area (Å²) in [6, 6.07) is 0. The Morgan fingerprint density at radius 1 is 1.05 bits per heavy atom. The van der Waals surface area contributed by atoms with Gasteiger partial charge in [-0.05, 0) is 12.3 Å². The second kappa shape index (κ2) is 7.31. The van der Waals surface area contributed by atoms with Gasteiger partial charge in [0.1, 0.15) is 0 Å². The van der Waals surface area contributed by atoms with Crippen LogP contribution >= 0.6 is 0 Å². The first-order valence-corrected chi connectivity index (χ1v) is 6.52. The summed E-state index contributed by atoms with van der Waals surface area (Å²) in [5, 5.41) is 1.49. The lowest BCUT2D eigenvalue weighted by atomic mass is 9.99. The number of hydrogen-bond donors (Lipinski definition) is 1. The lowest BCUT2D eigenvalue weighted by molar-refractivity contribution is -0.344. The molecule has 0 aliphatic heterocycles. The number of carbonyl (C=O) groups is 1. The molecule has 126 valence electrons. The maximum absolute atomic E-state index is 13.0. The molecular weight excluding hydrogens is 307 g/mol. The van der Waals surface area contributed by atoms with Gasteiger partial charge in [-0.2, -0.15) is 30.7 Å².